The summed E-state index contributed by atoms with van der Waals surface area (Å²) < 4.78 is 10.9. The molecule has 0 aliphatic heterocycles. The van der Waals surface area contributed by atoms with Gasteiger partial charge in [0.1, 0.15) is 5.75 Å². The maximum Gasteiger partial charge on any atom is 0.349 e. The highest BCUT2D eigenvalue weighted by molar-refractivity contribution is 7.14. The van der Waals surface area contributed by atoms with Gasteiger partial charge in [-0.1, -0.05) is 68.4 Å². The Morgan fingerprint density at radius 1 is 1.05 bits per heavy atom. The molecule has 0 amide bonds. The highest BCUT2D eigenvalue weighted by atomic mass is 35.5. The molecule has 1 heterocycles. The third-order valence-corrected chi connectivity index (χ3v) is 8.47. The molecule has 1 aliphatic carbocycles. The number of benzene rings is 2. The molecule has 7 heteroatoms. The van der Waals surface area contributed by atoms with Gasteiger partial charge < -0.3 is 14.6 Å². The van der Waals surface area contributed by atoms with Crippen LogP contribution in [0, 0.1) is 0 Å². The molecule has 1 atom stereocenters. The molecule has 1 unspecified atom stereocenters. The fraction of sp³-hybridized carbons (Fsp3) is 0.333. The molecule has 1 N–H and O–H groups in total. The third kappa shape index (κ3) is 6.15. The first-order valence-corrected chi connectivity index (χ1v) is 13.5. The van der Waals surface area contributed by atoms with Gasteiger partial charge in [0.05, 0.1) is 25.7 Å². The zero-order chi connectivity index (χ0) is 26.6. The van der Waals surface area contributed by atoms with Gasteiger partial charge in [0.15, 0.2) is 10.7 Å². The number of allylic oxidation sites excluding steroid dienone is 1. The Labute approximate surface area is 226 Å². The van der Waals surface area contributed by atoms with Gasteiger partial charge in [-0.05, 0) is 41.2 Å². The summed E-state index contributed by atoms with van der Waals surface area (Å²) in [5.74, 6) is -0.706. The maximum atomic E-state index is 12.6. The quantitative estimate of drug-likeness (QED) is 0.271. The number of carboxylic acid groups (broad SMARTS) is 1. The monoisotopic (exact) mass is 538 g/mol. The number of thiophene rings is 1. The fourth-order valence-electron chi connectivity index (χ4n) is 4.69. The first-order valence-electron chi connectivity index (χ1n) is 12.2. The second-order valence-corrected chi connectivity index (χ2v) is 11.4. The van der Waals surface area contributed by atoms with E-state index < -0.39 is 5.97 Å². The molecular weight excluding hydrogens is 508 g/mol. The zero-order valence-electron chi connectivity index (χ0n) is 21.3. The molecule has 37 heavy (non-hydrogen) atoms. The Balaban J connectivity index is 1.40. The fourth-order valence-corrected chi connectivity index (χ4v) is 5.98. The molecule has 2 aromatic carbocycles. The summed E-state index contributed by atoms with van der Waals surface area (Å²) in [7, 11) is 1.44. The molecule has 0 spiro atoms. The first-order chi connectivity index (χ1) is 17.7. The number of hydrogen-bond acceptors (Lipinski definition) is 5. The van der Waals surface area contributed by atoms with Crippen molar-refractivity contribution in [1.29, 1.82) is 0 Å². The largest absolute Gasteiger partial charge is 0.495 e. The summed E-state index contributed by atoms with van der Waals surface area (Å²) >= 11 is 7.66. The topological polar surface area (TPSA) is 72.8 Å². The van der Waals surface area contributed by atoms with Crippen LogP contribution in [0.1, 0.15) is 57.9 Å². The van der Waals surface area contributed by atoms with Crippen LogP contribution in [0.25, 0.3) is 0 Å². The molecular formula is C30H31ClO5S. The molecule has 1 aliphatic rings. The smallest absolute Gasteiger partial charge is 0.349 e. The zero-order valence-corrected chi connectivity index (χ0v) is 22.8. The van der Waals surface area contributed by atoms with Crippen molar-refractivity contribution in [3.63, 3.8) is 0 Å². The second-order valence-electron chi connectivity index (χ2n) is 9.69. The van der Waals surface area contributed by atoms with E-state index in [1.807, 2.05) is 6.07 Å². The number of hydrogen-bond donors (Lipinski definition) is 1. The van der Waals surface area contributed by atoms with Crippen molar-refractivity contribution in [2.75, 3.05) is 13.7 Å². The summed E-state index contributed by atoms with van der Waals surface area (Å²) in [6.45, 7) is 4.81. The third-order valence-electron chi connectivity index (χ3n) is 6.97. The average molecular weight is 539 g/mol. The van der Waals surface area contributed by atoms with Crippen molar-refractivity contribution in [3.8, 4) is 5.75 Å². The van der Waals surface area contributed by atoms with E-state index in [9.17, 15) is 14.7 Å². The average Bonchev–Trinajstić information content (AvgIpc) is 3.43. The van der Waals surface area contributed by atoms with Crippen molar-refractivity contribution in [3.05, 3.63) is 98.3 Å². The minimum Gasteiger partial charge on any atom is -0.495 e. The van der Waals surface area contributed by atoms with Crippen molar-refractivity contribution >= 4 is 34.7 Å². The van der Waals surface area contributed by atoms with Gasteiger partial charge in [0.2, 0.25) is 0 Å². The summed E-state index contributed by atoms with van der Waals surface area (Å²) in [4.78, 5) is 24.8. The number of carbonyl (C=O) groups is 2. The number of alkyl halides is 1. The van der Waals surface area contributed by atoms with E-state index in [0.29, 0.717) is 17.7 Å². The highest BCUT2D eigenvalue weighted by Gasteiger charge is 2.30. The molecule has 0 saturated heterocycles. The predicted molar refractivity (Wildman–Crippen MR) is 147 cm³/mol. The maximum absolute atomic E-state index is 12.6. The molecule has 0 bridgehead atoms. The van der Waals surface area contributed by atoms with Crippen LogP contribution in [0.5, 0.6) is 5.75 Å². The van der Waals surface area contributed by atoms with Crippen LogP contribution in [0.2, 0.25) is 0 Å². The lowest BCUT2D eigenvalue weighted by Crippen LogP contribution is -2.18. The molecule has 0 saturated carbocycles. The summed E-state index contributed by atoms with van der Waals surface area (Å²) in [6.07, 6.45) is 1.76. The molecule has 4 rings (SSSR count). The number of aromatic carboxylic acids is 1. The van der Waals surface area contributed by atoms with Gasteiger partial charge in [0, 0.05) is 22.3 Å². The second kappa shape index (κ2) is 11.6. The van der Waals surface area contributed by atoms with Gasteiger partial charge >= 0.3 is 5.97 Å². The number of aryl methyl sites for hydroxylation is 1. The van der Waals surface area contributed by atoms with E-state index in [1.54, 1.807) is 6.07 Å². The van der Waals surface area contributed by atoms with Gasteiger partial charge in [-0.2, -0.15) is 0 Å². The molecule has 0 fully saturated rings. The van der Waals surface area contributed by atoms with Crippen LogP contribution >= 0.6 is 22.9 Å². The summed E-state index contributed by atoms with van der Waals surface area (Å²) in [5.41, 5.74) is 5.20. The highest BCUT2D eigenvalue weighted by Crippen LogP contribution is 2.34. The molecule has 194 valence electrons. The van der Waals surface area contributed by atoms with E-state index in [0.717, 1.165) is 28.2 Å². The van der Waals surface area contributed by atoms with Crippen LogP contribution in [0.4, 0.5) is 0 Å². The summed E-state index contributed by atoms with van der Waals surface area (Å²) in [5, 5.41) is 8.97. The van der Waals surface area contributed by atoms with E-state index in [2.05, 4.69) is 62.4 Å². The Bertz CT molecular complexity index is 1290. The molecule has 1 aromatic heterocycles. The Morgan fingerprint density at radius 3 is 2.35 bits per heavy atom. The lowest BCUT2D eigenvalue weighted by molar-refractivity contribution is -0.115. The van der Waals surface area contributed by atoms with Crippen molar-refractivity contribution in [2.45, 2.75) is 50.5 Å². The number of halogens is 1. The normalized spacial score (nSPS) is 15.9. The molecule has 3 aromatic rings. The number of rotatable bonds is 11. The van der Waals surface area contributed by atoms with Crippen molar-refractivity contribution in [1.82, 2.24) is 0 Å². The van der Waals surface area contributed by atoms with Crippen LogP contribution < -0.4 is 4.74 Å². The number of carbonyl (C=O) groups excluding carboxylic acids is 1. The van der Waals surface area contributed by atoms with Gasteiger partial charge in [-0.3, -0.25) is 4.79 Å². The van der Waals surface area contributed by atoms with Gasteiger partial charge in [-0.25, -0.2) is 4.79 Å². The Hall–Kier alpha value is -2.93. The van der Waals surface area contributed by atoms with E-state index in [-0.39, 0.29) is 41.1 Å². The lowest BCUT2D eigenvalue weighted by atomic mass is 9.78. The molecule has 0 radical (unpaired) electrons. The van der Waals surface area contributed by atoms with Gasteiger partial charge in [-0.15, -0.1) is 22.9 Å². The number of Topliss-reactive ketones (excluding diaryl/α,β-unsaturated/α-hetero) is 1. The SMILES string of the molecule is COc1cc(COCC2=C(CCc3ccc(C(C)(C)c4ccccc4)cc3)C(Cl)CC2=O)sc1C(=O)O. The minimum absolute atomic E-state index is 0.0185. The van der Waals surface area contributed by atoms with Crippen LogP contribution in [0.3, 0.4) is 0 Å². The van der Waals surface area contributed by atoms with Crippen LogP contribution in [-0.2, 0) is 28.0 Å². The number of ketones is 1. The van der Waals surface area contributed by atoms with Crippen molar-refractivity contribution < 1.29 is 24.2 Å². The molecule has 5 nitrogen and oxygen atoms in total. The minimum atomic E-state index is -1.04. The predicted octanol–water partition coefficient (Wildman–Crippen LogP) is 6.81. The first kappa shape index (κ1) is 27.1. The Kier molecular flexibility index (Phi) is 8.53. The Morgan fingerprint density at radius 2 is 1.73 bits per heavy atom. The van der Waals surface area contributed by atoms with Crippen molar-refractivity contribution in [2.24, 2.45) is 0 Å². The van der Waals surface area contributed by atoms with E-state index >= 15 is 0 Å². The number of methoxy groups -OCH3 is 1. The van der Waals surface area contributed by atoms with E-state index in [1.165, 1.54) is 23.8 Å². The van der Waals surface area contributed by atoms with E-state index in [4.69, 9.17) is 21.1 Å². The lowest BCUT2D eigenvalue weighted by Gasteiger charge is -2.26. The van der Waals surface area contributed by atoms with Gasteiger partial charge in [0.25, 0.3) is 0 Å². The summed E-state index contributed by atoms with van der Waals surface area (Å²) in [6, 6.07) is 20.8. The number of ether oxygens (including phenoxy) is 2. The van der Waals surface area contributed by atoms with Crippen LogP contribution in [-0.4, -0.2) is 36.0 Å². The van der Waals surface area contributed by atoms with Crippen LogP contribution in [0.15, 0.2) is 71.8 Å². The number of carboxylic acids is 1. The standard InChI is InChI=1S/C30H31ClO5S/c1-30(2,20-7-5-4-6-8-20)21-12-9-19(10-13-21)11-14-23-24(26(32)16-25(23)31)18-36-17-22-15-27(35-3)28(37-22)29(33)34/h4-10,12-13,15,25H,11,14,16-18H2,1-3H3,(H,33,34).